The number of nitrogens with zero attached hydrogens (tertiary/aromatic N) is 1. The van der Waals surface area contributed by atoms with Gasteiger partial charge >= 0.3 is 6.16 Å². The Morgan fingerprint density at radius 1 is 1.19 bits per heavy atom. The van der Waals surface area contributed by atoms with Gasteiger partial charge in [0.25, 0.3) is 0 Å². The molecular weight excluding hydrogens is 348 g/mol. The largest absolute Gasteiger partial charge is 0.508 e. The number of rotatable bonds is 4. The fourth-order valence-electron chi connectivity index (χ4n) is 3.62. The average Bonchev–Trinajstić information content (AvgIpc) is 2.57. The van der Waals surface area contributed by atoms with E-state index in [-0.39, 0.29) is 18.2 Å². The van der Waals surface area contributed by atoms with E-state index in [0.717, 1.165) is 22.3 Å². The second-order valence-corrected chi connectivity index (χ2v) is 7.07. The summed E-state index contributed by atoms with van der Waals surface area (Å²) in [7, 11) is 1.25. The average molecular weight is 376 g/mol. The van der Waals surface area contributed by atoms with E-state index in [1.807, 2.05) is 20.8 Å². The van der Waals surface area contributed by atoms with Crippen LogP contribution < -0.4 is 5.32 Å². The first-order chi connectivity index (χ1) is 12.7. The summed E-state index contributed by atoms with van der Waals surface area (Å²) in [6, 6.07) is 4.11. The van der Waals surface area contributed by atoms with Crippen molar-refractivity contribution in [2.45, 2.75) is 59.2 Å². The van der Waals surface area contributed by atoms with E-state index in [1.54, 1.807) is 4.90 Å². The van der Waals surface area contributed by atoms with Crippen molar-refractivity contribution in [3.63, 3.8) is 0 Å². The molecule has 2 amide bonds. The van der Waals surface area contributed by atoms with Crippen molar-refractivity contribution >= 4 is 18.0 Å². The van der Waals surface area contributed by atoms with Gasteiger partial charge < -0.3 is 19.7 Å². The lowest BCUT2D eigenvalue weighted by Gasteiger charge is -2.38. The predicted octanol–water partition coefficient (Wildman–Crippen LogP) is 2.39. The molecule has 0 aliphatic carbocycles. The van der Waals surface area contributed by atoms with Crippen LogP contribution >= 0.6 is 0 Å². The van der Waals surface area contributed by atoms with Crippen LogP contribution in [-0.4, -0.2) is 48.8 Å². The van der Waals surface area contributed by atoms with Crippen molar-refractivity contribution < 1.29 is 23.9 Å². The Morgan fingerprint density at radius 2 is 1.81 bits per heavy atom. The Morgan fingerprint density at radius 3 is 2.37 bits per heavy atom. The van der Waals surface area contributed by atoms with Crippen molar-refractivity contribution in [1.29, 1.82) is 0 Å². The summed E-state index contributed by atoms with van der Waals surface area (Å²) in [5.74, 6) is -0.292. The molecule has 1 aromatic rings. The lowest BCUT2D eigenvalue weighted by Crippen LogP contribution is -2.56. The molecule has 7 nitrogen and oxygen atoms in total. The number of carbonyl (C=O) groups is 3. The Balaban J connectivity index is 2.08. The molecule has 1 aliphatic rings. The number of methoxy groups -OCH3 is 1. The van der Waals surface area contributed by atoms with Gasteiger partial charge in [-0.2, -0.15) is 0 Å². The van der Waals surface area contributed by atoms with Gasteiger partial charge in [0.1, 0.15) is 12.3 Å². The van der Waals surface area contributed by atoms with Crippen molar-refractivity contribution in [3.05, 3.63) is 34.4 Å². The third-order valence-corrected chi connectivity index (χ3v) is 4.89. The van der Waals surface area contributed by atoms with E-state index >= 15 is 0 Å². The summed E-state index contributed by atoms with van der Waals surface area (Å²) in [6.07, 6.45) is -0.579. The van der Waals surface area contributed by atoms with E-state index in [9.17, 15) is 14.4 Å². The highest BCUT2D eigenvalue weighted by Gasteiger charge is 2.33. The number of aryl methyl sites for hydroxylation is 3. The maximum Gasteiger partial charge on any atom is 0.508 e. The van der Waals surface area contributed by atoms with Crippen molar-refractivity contribution in [2.75, 3.05) is 13.7 Å². The summed E-state index contributed by atoms with van der Waals surface area (Å²) >= 11 is 0. The van der Waals surface area contributed by atoms with Crippen LogP contribution in [0.3, 0.4) is 0 Å². The second-order valence-electron chi connectivity index (χ2n) is 7.07. The van der Waals surface area contributed by atoms with Gasteiger partial charge in [-0.1, -0.05) is 17.7 Å². The standard InChI is InChI=1S/C20H28N2O5/c1-12-8-13(2)17(14(3)9-12)11-19(24)21-18-10-16(27-20(25)26-5)6-7-22(18)15(4)23/h8-9,16,18H,6-7,10-11H2,1-5H3,(H,21,24). The molecule has 1 fully saturated rings. The van der Waals surface area contributed by atoms with Gasteiger partial charge in [-0.3, -0.25) is 9.59 Å². The number of amides is 2. The molecule has 1 aromatic carbocycles. The molecule has 0 aromatic heterocycles. The Labute approximate surface area is 160 Å². The minimum Gasteiger partial charge on any atom is -0.438 e. The summed E-state index contributed by atoms with van der Waals surface area (Å²) in [6.45, 7) is 7.88. The molecule has 0 bridgehead atoms. The molecule has 1 heterocycles. The topological polar surface area (TPSA) is 84.9 Å². The number of ether oxygens (including phenoxy) is 2. The van der Waals surface area contributed by atoms with Crippen molar-refractivity contribution in [3.8, 4) is 0 Å². The molecule has 1 aliphatic heterocycles. The molecule has 2 rings (SSSR count). The van der Waals surface area contributed by atoms with E-state index in [4.69, 9.17) is 4.74 Å². The lowest BCUT2D eigenvalue weighted by molar-refractivity contribution is -0.137. The van der Waals surface area contributed by atoms with Gasteiger partial charge in [-0.05, 0) is 37.5 Å². The zero-order chi connectivity index (χ0) is 20.1. The summed E-state index contributed by atoms with van der Waals surface area (Å²) < 4.78 is 9.73. The minimum atomic E-state index is -0.757. The number of carbonyl (C=O) groups excluding carboxylic acids is 3. The van der Waals surface area contributed by atoms with Crippen LogP contribution in [0.5, 0.6) is 0 Å². The maximum atomic E-state index is 12.6. The highest BCUT2D eigenvalue weighted by Crippen LogP contribution is 2.21. The SMILES string of the molecule is COC(=O)OC1CCN(C(C)=O)C(NC(=O)Cc2c(C)cc(C)cc2C)C1. The van der Waals surface area contributed by atoms with Crippen LogP contribution in [0.1, 0.15) is 42.0 Å². The molecule has 148 valence electrons. The highest BCUT2D eigenvalue weighted by atomic mass is 16.7. The molecule has 1 N–H and O–H groups in total. The number of piperidine rings is 1. The van der Waals surface area contributed by atoms with Crippen molar-refractivity contribution in [2.24, 2.45) is 0 Å². The smallest absolute Gasteiger partial charge is 0.438 e. The molecule has 7 heteroatoms. The quantitative estimate of drug-likeness (QED) is 0.816. The lowest BCUT2D eigenvalue weighted by atomic mass is 9.97. The Kier molecular flexibility index (Phi) is 6.82. The van der Waals surface area contributed by atoms with Crippen molar-refractivity contribution in [1.82, 2.24) is 10.2 Å². The molecule has 0 spiro atoms. The molecule has 1 saturated heterocycles. The van der Waals surface area contributed by atoms with E-state index in [2.05, 4.69) is 22.2 Å². The molecule has 2 unspecified atom stereocenters. The van der Waals surface area contributed by atoms with Crippen LogP contribution in [0.25, 0.3) is 0 Å². The first kappa shape index (κ1) is 20.7. The first-order valence-electron chi connectivity index (χ1n) is 9.09. The van der Waals surface area contributed by atoms with Crippen LogP contribution in [0.2, 0.25) is 0 Å². The Bertz CT molecular complexity index is 708. The summed E-state index contributed by atoms with van der Waals surface area (Å²) in [4.78, 5) is 37.5. The van der Waals surface area contributed by atoms with Gasteiger partial charge in [-0.15, -0.1) is 0 Å². The fourth-order valence-corrected chi connectivity index (χ4v) is 3.62. The summed E-state index contributed by atoms with van der Waals surface area (Å²) in [5.41, 5.74) is 4.29. The number of likely N-dealkylation sites (tertiary alicyclic amines) is 1. The van der Waals surface area contributed by atoms with Crippen LogP contribution in [0.4, 0.5) is 4.79 Å². The second kappa shape index (κ2) is 8.88. The predicted molar refractivity (Wildman–Crippen MR) is 100 cm³/mol. The van der Waals surface area contributed by atoms with E-state index in [1.165, 1.54) is 14.0 Å². The van der Waals surface area contributed by atoms with Crippen LogP contribution in [0.15, 0.2) is 12.1 Å². The Hall–Kier alpha value is -2.57. The van der Waals surface area contributed by atoms with E-state index in [0.29, 0.717) is 19.4 Å². The zero-order valence-electron chi connectivity index (χ0n) is 16.6. The monoisotopic (exact) mass is 376 g/mol. The molecule has 0 saturated carbocycles. The van der Waals surface area contributed by atoms with Gasteiger partial charge in [0.15, 0.2) is 0 Å². The number of nitrogens with one attached hydrogen (secondary N) is 1. The van der Waals surface area contributed by atoms with Crippen LogP contribution in [-0.2, 0) is 25.5 Å². The zero-order valence-corrected chi connectivity index (χ0v) is 16.6. The molecular formula is C20H28N2O5. The van der Waals surface area contributed by atoms with Gasteiger partial charge in [0.2, 0.25) is 11.8 Å². The first-order valence-corrected chi connectivity index (χ1v) is 9.09. The number of hydrogen-bond acceptors (Lipinski definition) is 5. The third-order valence-electron chi connectivity index (χ3n) is 4.89. The minimum absolute atomic E-state index is 0.125. The highest BCUT2D eigenvalue weighted by molar-refractivity contribution is 5.81. The molecule has 2 atom stereocenters. The van der Waals surface area contributed by atoms with Crippen LogP contribution in [0, 0.1) is 20.8 Å². The summed E-state index contributed by atoms with van der Waals surface area (Å²) in [5, 5.41) is 2.92. The third kappa shape index (κ3) is 5.45. The number of benzene rings is 1. The van der Waals surface area contributed by atoms with Gasteiger partial charge in [-0.25, -0.2) is 4.79 Å². The normalized spacial score (nSPS) is 19.4. The van der Waals surface area contributed by atoms with E-state index < -0.39 is 18.4 Å². The number of hydrogen-bond donors (Lipinski definition) is 1. The maximum absolute atomic E-state index is 12.6. The van der Waals surface area contributed by atoms with Gasteiger partial charge in [0.05, 0.1) is 13.5 Å². The fraction of sp³-hybridized carbons (Fsp3) is 0.550. The molecule has 27 heavy (non-hydrogen) atoms. The van der Waals surface area contributed by atoms with Gasteiger partial charge in [0, 0.05) is 26.3 Å². The molecule has 0 radical (unpaired) electrons.